The topological polar surface area (TPSA) is 53.4 Å². The van der Waals surface area contributed by atoms with Gasteiger partial charge in [-0.3, -0.25) is 14.7 Å². The Labute approximate surface area is 138 Å². The molecular formula is C17H19BrN2O2. The van der Waals surface area contributed by atoms with Crippen molar-refractivity contribution in [3.63, 3.8) is 0 Å². The van der Waals surface area contributed by atoms with Crippen molar-refractivity contribution < 1.29 is 9.90 Å². The predicted molar refractivity (Wildman–Crippen MR) is 89.7 cm³/mol. The van der Waals surface area contributed by atoms with E-state index in [9.17, 15) is 9.90 Å². The number of hydrogen-bond donors (Lipinski definition) is 1. The van der Waals surface area contributed by atoms with Gasteiger partial charge in [-0.25, -0.2) is 0 Å². The number of hydrogen-bond acceptors (Lipinski definition) is 3. The smallest absolute Gasteiger partial charge is 0.307 e. The highest BCUT2D eigenvalue weighted by atomic mass is 79.9. The van der Waals surface area contributed by atoms with Gasteiger partial charge >= 0.3 is 5.97 Å². The van der Waals surface area contributed by atoms with Gasteiger partial charge in [-0.1, -0.05) is 12.1 Å². The third kappa shape index (κ3) is 3.01. The number of carboxylic acids is 1. The van der Waals surface area contributed by atoms with Gasteiger partial charge in [-0.05, 0) is 53.4 Å². The number of fused-ring (bicyclic) bond motifs is 1. The van der Waals surface area contributed by atoms with E-state index in [-0.39, 0.29) is 5.92 Å². The summed E-state index contributed by atoms with van der Waals surface area (Å²) in [5.74, 6) is -0.935. The molecule has 4 nitrogen and oxygen atoms in total. The van der Waals surface area contributed by atoms with E-state index < -0.39 is 5.97 Å². The van der Waals surface area contributed by atoms with Crippen LogP contribution in [0, 0.1) is 5.92 Å². The SMILES string of the molecule is CC1CCC(C(=O)O)CN1Cc1ccnc2c(Br)cccc12. The summed E-state index contributed by atoms with van der Waals surface area (Å²) in [6.45, 7) is 3.56. The molecule has 0 aliphatic carbocycles. The van der Waals surface area contributed by atoms with Gasteiger partial charge in [0.15, 0.2) is 0 Å². The van der Waals surface area contributed by atoms with Gasteiger partial charge in [-0.2, -0.15) is 0 Å². The molecule has 1 saturated heterocycles. The largest absolute Gasteiger partial charge is 0.481 e. The molecule has 0 radical (unpaired) electrons. The lowest BCUT2D eigenvalue weighted by atomic mass is 9.93. The Morgan fingerprint density at radius 1 is 1.41 bits per heavy atom. The van der Waals surface area contributed by atoms with E-state index in [2.05, 4.69) is 38.8 Å². The number of carboxylic acid groups (broad SMARTS) is 1. The zero-order chi connectivity index (χ0) is 15.7. The van der Waals surface area contributed by atoms with Crippen LogP contribution < -0.4 is 0 Å². The number of carbonyl (C=O) groups is 1. The van der Waals surface area contributed by atoms with Gasteiger partial charge in [0.25, 0.3) is 0 Å². The van der Waals surface area contributed by atoms with Crippen molar-refractivity contribution in [3.8, 4) is 0 Å². The van der Waals surface area contributed by atoms with Crippen LogP contribution in [0.25, 0.3) is 10.9 Å². The number of pyridine rings is 1. The Bertz CT molecular complexity index is 704. The molecule has 2 atom stereocenters. The first-order valence-corrected chi connectivity index (χ1v) is 8.34. The first-order chi connectivity index (χ1) is 10.6. The minimum atomic E-state index is -0.681. The monoisotopic (exact) mass is 362 g/mol. The van der Waals surface area contributed by atoms with Crippen molar-refractivity contribution in [1.82, 2.24) is 9.88 Å². The highest BCUT2D eigenvalue weighted by molar-refractivity contribution is 9.10. The molecule has 5 heteroatoms. The molecule has 22 heavy (non-hydrogen) atoms. The first-order valence-electron chi connectivity index (χ1n) is 7.55. The molecule has 1 aromatic heterocycles. The lowest BCUT2D eigenvalue weighted by Crippen LogP contribution is -2.43. The van der Waals surface area contributed by atoms with Crippen molar-refractivity contribution in [2.45, 2.75) is 32.4 Å². The maximum absolute atomic E-state index is 11.3. The Kier molecular flexibility index (Phi) is 4.45. The summed E-state index contributed by atoms with van der Waals surface area (Å²) in [7, 11) is 0. The Balaban J connectivity index is 1.89. The molecule has 0 saturated carbocycles. The van der Waals surface area contributed by atoms with Gasteiger partial charge in [0.2, 0.25) is 0 Å². The molecule has 3 rings (SSSR count). The number of para-hydroxylation sites is 1. The van der Waals surface area contributed by atoms with E-state index in [1.165, 1.54) is 5.56 Å². The van der Waals surface area contributed by atoms with Crippen molar-refractivity contribution in [2.24, 2.45) is 5.92 Å². The lowest BCUT2D eigenvalue weighted by Gasteiger charge is -2.36. The number of aliphatic carboxylic acids is 1. The molecular weight excluding hydrogens is 344 g/mol. The fourth-order valence-corrected chi connectivity index (χ4v) is 3.62. The molecule has 1 N–H and O–H groups in total. The molecule has 2 unspecified atom stereocenters. The van der Waals surface area contributed by atoms with E-state index in [4.69, 9.17) is 0 Å². The van der Waals surface area contributed by atoms with E-state index in [0.29, 0.717) is 12.6 Å². The minimum absolute atomic E-state index is 0.254. The third-order valence-electron chi connectivity index (χ3n) is 4.55. The number of piperidine rings is 1. The van der Waals surface area contributed by atoms with Crippen LogP contribution >= 0.6 is 15.9 Å². The number of aromatic nitrogens is 1. The standard InChI is InChI=1S/C17H19BrN2O2/c1-11-5-6-13(17(21)22)10-20(11)9-12-7-8-19-16-14(12)3-2-4-15(16)18/h2-4,7-8,11,13H,5-6,9-10H2,1H3,(H,21,22). The number of likely N-dealkylation sites (tertiary alicyclic amines) is 1. The van der Waals surface area contributed by atoms with Gasteiger partial charge in [0.1, 0.15) is 0 Å². The highest BCUT2D eigenvalue weighted by Crippen LogP contribution is 2.28. The van der Waals surface area contributed by atoms with Crippen LogP contribution in [0.3, 0.4) is 0 Å². The average Bonchev–Trinajstić information content (AvgIpc) is 2.50. The molecule has 2 heterocycles. The Hall–Kier alpha value is -1.46. The zero-order valence-electron chi connectivity index (χ0n) is 12.5. The molecule has 1 aliphatic heterocycles. The summed E-state index contributed by atoms with van der Waals surface area (Å²) in [5.41, 5.74) is 2.16. The molecule has 0 amide bonds. The van der Waals surface area contributed by atoms with Crippen molar-refractivity contribution >= 4 is 32.8 Å². The van der Waals surface area contributed by atoms with E-state index in [1.54, 1.807) is 0 Å². The molecule has 0 spiro atoms. The number of halogens is 1. The summed E-state index contributed by atoms with van der Waals surface area (Å²) in [6.07, 6.45) is 3.53. The zero-order valence-corrected chi connectivity index (χ0v) is 14.1. The van der Waals surface area contributed by atoms with Crippen LogP contribution in [0.2, 0.25) is 0 Å². The van der Waals surface area contributed by atoms with Crippen LogP contribution in [0.15, 0.2) is 34.9 Å². The fraction of sp³-hybridized carbons (Fsp3) is 0.412. The van der Waals surface area contributed by atoms with Crippen LogP contribution in [0.1, 0.15) is 25.3 Å². The molecule has 1 fully saturated rings. The summed E-state index contributed by atoms with van der Waals surface area (Å²) in [5, 5.41) is 10.4. The normalized spacial score (nSPS) is 22.8. The third-order valence-corrected chi connectivity index (χ3v) is 5.19. The fourth-order valence-electron chi connectivity index (χ4n) is 3.16. The molecule has 1 aromatic carbocycles. The molecule has 0 bridgehead atoms. The summed E-state index contributed by atoms with van der Waals surface area (Å²) in [6, 6.07) is 8.52. The predicted octanol–water partition coefficient (Wildman–Crippen LogP) is 3.68. The first kappa shape index (κ1) is 15.4. The van der Waals surface area contributed by atoms with Gasteiger partial charge in [0.05, 0.1) is 11.4 Å². The van der Waals surface area contributed by atoms with Crippen LogP contribution in [0.5, 0.6) is 0 Å². The summed E-state index contributed by atoms with van der Waals surface area (Å²) in [4.78, 5) is 18.0. The maximum Gasteiger partial charge on any atom is 0.307 e. The van der Waals surface area contributed by atoms with Gasteiger partial charge in [0, 0.05) is 35.2 Å². The van der Waals surface area contributed by atoms with E-state index >= 15 is 0 Å². The number of rotatable bonds is 3. The Morgan fingerprint density at radius 3 is 3.00 bits per heavy atom. The lowest BCUT2D eigenvalue weighted by molar-refractivity contribution is -0.144. The number of nitrogens with zero attached hydrogens (tertiary/aromatic N) is 2. The maximum atomic E-state index is 11.3. The molecule has 1 aliphatic rings. The summed E-state index contributed by atoms with van der Waals surface area (Å²) >= 11 is 3.54. The average molecular weight is 363 g/mol. The van der Waals surface area contributed by atoms with Crippen molar-refractivity contribution in [3.05, 3.63) is 40.5 Å². The minimum Gasteiger partial charge on any atom is -0.481 e. The second-order valence-corrected chi connectivity index (χ2v) is 6.85. The van der Waals surface area contributed by atoms with Crippen LogP contribution in [-0.4, -0.2) is 33.5 Å². The van der Waals surface area contributed by atoms with Crippen molar-refractivity contribution in [1.29, 1.82) is 0 Å². The number of benzene rings is 1. The highest BCUT2D eigenvalue weighted by Gasteiger charge is 2.29. The quantitative estimate of drug-likeness (QED) is 0.904. The molecule has 2 aromatic rings. The van der Waals surface area contributed by atoms with Crippen LogP contribution in [-0.2, 0) is 11.3 Å². The van der Waals surface area contributed by atoms with Gasteiger partial charge < -0.3 is 5.11 Å². The van der Waals surface area contributed by atoms with Crippen molar-refractivity contribution in [2.75, 3.05) is 6.54 Å². The second kappa shape index (κ2) is 6.34. The van der Waals surface area contributed by atoms with Gasteiger partial charge in [-0.15, -0.1) is 0 Å². The second-order valence-electron chi connectivity index (χ2n) is 6.00. The van der Waals surface area contributed by atoms with E-state index in [1.807, 2.05) is 24.4 Å². The van der Waals surface area contributed by atoms with E-state index in [0.717, 1.165) is 34.8 Å². The van der Waals surface area contributed by atoms with Crippen LogP contribution in [0.4, 0.5) is 0 Å². The molecule has 116 valence electrons. The summed E-state index contributed by atoms with van der Waals surface area (Å²) < 4.78 is 0.988. The Morgan fingerprint density at radius 2 is 2.23 bits per heavy atom.